The van der Waals surface area contributed by atoms with E-state index in [1.54, 1.807) is 25.3 Å². The molecule has 0 fully saturated rings. The molecule has 0 aliphatic carbocycles. The number of methoxy groups -OCH3 is 1. The molecule has 0 amide bonds. The lowest BCUT2D eigenvalue weighted by Gasteiger charge is -2.07. The van der Waals surface area contributed by atoms with Crippen molar-refractivity contribution in [3.8, 4) is 17.5 Å². The molecule has 1 aromatic carbocycles. The molecule has 4 nitrogen and oxygen atoms in total. The van der Waals surface area contributed by atoms with Gasteiger partial charge in [-0.25, -0.2) is 9.97 Å². The van der Waals surface area contributed by atoms with Crippen LogP contribution in [0.15, 0.2) is 35.1 Å². The van der Waals surface area contributed by atoms with Gasteiger partial charge in [-0.2, -0.15) is 0 Å². The van der Waals surface area contributed by atoms with E-state index in [1.165, 1.54) is 12.4 Å². The minimum atomic E-state index is 0.236. The molecule has 17 heavy (non-hydrogen) atoms. The van der Waals surface area contributed by atoms with Gasteiger partial charge in [0.2, 0.25) is 0 Å². The summed E-state index contributed by atoms with van der Waals surface area (Å²) in [5, 5.41) is 0.464. The first-order valence-electron chi connectivity index (χ1n) is 4.68. The van der Waals surface area contributed by atoms with E-state index in [9.17, 15) is 0 Å². The first kappa shape index (κ1) is 12.1. The molecule has 88 valence electrons. The number of hydrogen-bond donors (Lipinski definition) is 0. The van der Waals surface area contributed by atoms with Crippen LogP contribution in [0, 0.1) is 0 Å². The molecule has 0 bridgehead atoms. The Hall–Kier alpha value is -1.33. The van der Waals surface area contributed by atoms with Crippen LogP contribution >= 0.6 is 27.5 Å². The molecular weight excluding hydrogens is 307 g/mol. The van der Waals surface area contributed by atoms with Crippen molar-refractivity contribution in [3.05, 3.63) is 40.1 Å². The molecule has 0 atom stereocenters. The number of halogens is 2. The van der Waals surface area contributed by atoms with Gasteiger partial charge in [-0.3, -0.25) is 0 Å². The van der Waals surface area contributed by atoms with E-state index in [0.717, 1.165) is 10.2 Å². The average molecular weight is 316 g/mol. The van der Waals surface area contributed by atoms with Gasteiger partial charge in [0.1, 0.15) is 11.5 Å². The van der Waals surface area contributed by atoms with Crippen LogP contribution in [-0.2, 0) is 0 Å². The van der Waals surface area contributed by atoms with Crippen molar-refractivity contribution in [2.75, 3.05) is 7.11 Å². The highest BCUT2D eigenvalue weighted by molar-refractivity contribution is 9.10. The molecule has 0 saturated heterocycles. The number of benzene rings is 1. The number of hydrogen-bond acceptors (Lipinski definition) is 4. The van der Waals surface area contributed by atoms with Crippen LogP contribution in [0.5, 0.6) is 17.5 Å². The van der Waals surface area contributed by atoms with Crippen LogP contribution < -0.4 is 9.47 Å². The van der Waals surface area contributed by atoms with Gasteiger partial charge in [0.05, 0.1) is 29.0 Å². The van der Waals surface area contributed by atoms with Crippen LogP contribution in [0.4, 0.5) is 0 Å². The summed E-state index contributed by atoms with van der Waals surface area (Å²) >= 11 is 9.05. The molecule has 0 aliphatic rings. The third-order valence-corrected chi connectivity index (χ3v) is 2.75. The Kier molecular flexibility index (Phi) is 3.81. The smallest absolute Gasteiger partial charge is 0.321 e. The van der Waals surface area contributed by atoms with Crippen molar-refractivity contribution in [1.82, 2.24) is 9.97 Å². The zero-order chi connectivity index (χ0) is 12.3. The predicted octanol–water partition coefficient (Wildman–Crippen LogP) is 3.69. The molecule has 0 radical (unpaired) electrons. The molecule has 6 heteroatoms. The van der Waals surface area contributed by atoms with Crippen molar-refractivity contribution >= 4 is 27.5 Å². The second-order valence-electron chi connectivity index (χ2n) is 3.08. The van der Waals surface area contributed by atoms with Gasteiger partial charge in [-0.1, -0.05) is 11.6 Å². The van der Waals surface area contributed by atoms with Crippen LogP contribution in [0.2, 0.25) is 5.02 Å². The summed E-state index contributed by atoms with van der Waals surface area (Å²) in [6.07, 6.45) is 2.95. The van der Waals surface area contributed by atoms with Gasteiger partial charge in [0, 0.05) is 0 Å². The Morgan fingerprint density at radius 3 is 2.53 bits per heavy atom. The third-order valence-electron chi connectivity index (χ3n) is 1.94. The fraction of sp³-hybridized carbons (Fsp3) is 0.0909. The Labute approximate surface area is 112 Å². The van der Waals surface area contributed by atoms with Crippen LogP contribution in [0.3, 0.4) is 0 Å². The third kappa shape index (κ3) is 3.08. The van der Waals surface area contributed by atoms with E-state index >= 15 is 0 Å². The largest absolute Gasteiger partial charge is 0.497 e. The average Bonchev–Trinajstić information content (AvgIpc) is 2.34. The second-order valence-corrected chi connectivity index (χ2v) is 4.37. The van der Waals surface area contributed by atoms with Gasteiger partial charge in [0.25, 0.3) is 0 Å². The molecule has 0 saturated carbocycles. The summed E-state index contributed by atoms with van der Waals surface area (Å²) in [7, 11) is 1.60. The quantitative estimate of drug-likeness (QED) is 0.866. The van der Waals surface area contributed by atoms with Crippen LogP contribution in [0.25, 0.3) is 0 Å². The molecule has 0 unspecified atom stereocenters. The predicted molar refractivity (Wildman–Crippen MR) is 67.8 cm³/mol. The first-order chi connectivity index (χ1) is 8.19. The lowest BCUT2D eigenvalue weighted by Crippen LogP contribution is -1.92. The van der Waals surface area contributed by atoms with Gasteiger partial charge in [0.15, 0.2) is 0 Å². The number of aromatic nitrogens is 2. The van der Waals surface area contributed by atoms with Crippen molar-refractivity contribution in [2.24, 2.45) is 0 Å². The van der Waals surface area contributed by atoms with E-state index in [-0.39, 0.29) is 6.01 Å². The Morgan fingerprint density at radius 2 is 1.94 bits per heavy atom. The monoisotopic (exact) mass is 314 g/mol. The Morgan fingerprint density at radius 1 is 1.24 bits per heavy atom. The van der Waals surface area contributed by atoms with Gasteiger partial charge in [-0.15, -0.1) is 0 Å². The molecule has 1 heterocycles. The molecular formula is C11H8BrClN2O2. The summed E-state index contributed by atoms with van der Waals surface area (Å²) in [6, 6.07) is 5.59. The first-order valence-corrected chi connectivity index (χ1v) is 5.85. The van der Waals surface area contributed by atoms with Crippen molar-refractivity contribution in [2.45, 2.75) is 0 Å². The maximum absolute atomic E-state index is 5.68. The maximum Gasteiger partial charge on any atom is 0.321 e. The van der Waals surface area contributed by atoms with Gasteiger partial charge in [-0.05, 0) is 34.1 Å². The zero-order valence-electron chi connectivity index (χ0n) is 8.85. The lowest BCUT2D eigenvalue weighted by atomic mass is 10.3. The normalized spacial score (nSPS) is 10.1. The van der Waals surface area contributed by atoms with Crippen molar-refractivity contribution < 1.29 is 9.47 Å². The number of nitrogens with zero attached hydrogens (tertiary/aromatic N) is 2. The Balaban J connectivity index is 2.21. The second kappa shape index (κ2) is 5.33. The van der Waals surface area contributed by atoms with Crippen LogP contribution in [0.1, 0.15) is 0 Å². The summed E-state index contributed by atoms with van der Waals surface area (Å²) in [5.74, 6) is 1.34. The van der Waals surface area contributed by atoms with Crippen molar-refractivity contribution in [1.29, 1.82) is 0 Å². The zero-order valence-corrected chi connectivity index (χ0v) is 11.2. The summed E-state index contributed by atoms with van der Waals surface area (Å²) in [4.78, 5) is 7.88. The van der Waals surface area contributed by atoms with E-state index in [4.69, 9.17) is 21.1 Å². The molecule has 1 aromatic heterocycles. The van der Waals surface area contributed by atoms with E-state index < -0.39 is 0 Å². The van der Waals surface area contributed by atoms with E-state index in [0.29, 0.717) is 10.8 Å². The number of rotatable bonds is 3. The van der Waals surface area contributed by atoms with Crippen LogP contribution in [-0.4, -0.2) is 17.1 Å². The molecule has 0 aliphatic heterocycles. The molecule has 0 N–H and O–H groups in total. The standard InChI is InChI=1S/C11H8BrClN2O2/c1-16-8-2-3-10(9(12)4-8)17-11-14-5-7(13)6-15-11/h2-6H,1H3. The summed E-state index contributed by atoms with van der Waals surface area (Å²) in [5.41, 5.74) is 0. The highest BCUT2D eigenvalue weighted by Crippen LogP contribution is 2.31. The number of ether oxygens (including phenoxy) is 2. The fourth-order valence-electron chi connectivity index (χ4n) is 1.14. The SMILES string of the molecule is COc1ccc(Oc2ncc(Cl)cn2)c(Br)c1. The summed E-state index contributed by atoms with van der Waals surface area (Å²) in [6.45, 7) is 0. The van der Waals surface area contributed by atoms with E-state index in [2.05, 4.69) is 25.9 Å². The van der Waals surface area contributed by atoms with E-state index in [1.807, 2.05) is 0 Å². The lowest BCUT2D eigenvalue weighted by molar-refractivity contribution is 0.409. The minimum absolute atomic E-state index is 0.236. The fourth-order valence-corrected chi connectivity index (χ4v) is 1.68. The topological polar surface area (TPSA) is 44.2 Å². The van der Waals surface area contributed by atoms with Crippen molar-refractivity contribution in [3.63, 3.8) is 0 Å². The highest BCUT2D eigenvalue weighted by atomic mass is 79.9. The van der Waals surface area contributed by atoms with Gasteiger partial charge < -0.3 is 9.47 Å². The molecule has 2 aromatic rings. The Bertz CT molecular complexity index is 519. The molecule has 0 spiro atoms. The summed E-state index contributed by atoms with van der Waals surface area (Å²) < 4.78 is 11.3. The molecule has 2 rings (SSSR count). The van der Waals surface area contributed by atoms with Gasteiger partial charge >= 0.3 is 6.01 Å². The highest BCUT2D eigenvalue weighted by Gasteiger charge is 2.06. The maximum atomic E-state index is 5.68. The minimum Gasteiger partial charge on any atom is -0.497 e.